The zero-order chi connectivity index (χ0) is 25.6. The number of hydrogen-bond acceptors (Lipinski definition) is 5. The Balaban J connectivity index is 1.31. The highest BCUT2D eigenvalue weighted by atomic mass is 16.5. The van der Waals surface area contributed by atoms with E-state index in [2.05, 4.69) is 10.6 Å². The first-order valence-electron chi connectivity index (χ1n) is 14.0. The van der Waals surface area contributed by atoms with E-state index in [1.165, 1.54) is 6.42 Å². The molecule has 0 aromatic heterocycles. The second kappa shape index (κ2) is 9.78. The van der Waals surface area contributed by atoms with E-state index in [1.54, 1.807) is 19.2 Å². The van der Waals surface area contributed by atoms with Crippen LogP contribution in [0.15, 0.2) is 36.4 Å². The van der Waals surface area contributed by atoms with Crippen LogP contribution in [0.1, 0.15) is 64.2 Å². The molecular formula is C29H37N3O5. The summed E-state index contributed by atoms with van der Waals surface area (Å²) < 4.78 is 11.8. The standard InChI is InChI=1S/C29H37N3O5/c1-36-21-14-8-11-19(17-21)31-26(33)23-22-15-16-29(37-22)24(23)28(35)32(20-12-6-3-7-13-20)25(29)27(34)30-18-9-4-2-5-10-18/h8,11,14-18,20,22-25H,2-7,9-10,12-13H2,1H3,(H,30,34)(H,31,33)/t22-,23+,24-,25-,29-/m0/s1. The van der Waals surface area contributed by atoms with Crippen molar-refractivity contribution >= 4 is 23.4 Å². The number of anilines is 1. The summed E-state index contributed by atoms with van der Waals surface area (Å²) in [6.45, 7) is 0. The molecule has 5 aliphatic rings. The summed E-state index contributed by atoms with van der Waals surface area (Å²) in [5.41, 5.74) is -0.500. The molecule has 2 N–H and O–H groups in total. The van der Waals surface area contributed by atoms with Crippen molar-refractivity contribution in [3.05, 3.63) is 36.4 Å². The first kappa shape index (κ1) is 24.5. The number of nitrogens with zero attached hydrogens (tertiary/aromatic N) is 1. The van der Waals surface area contributed by atoms with Crippen LogP contribution in [0.2, 0.25) is 0 Å². The molecule has 37 heavy (non-hydrogen) atoms. The molecule has 8 nitrogen and oxygen atoms in total. The van der Waals surface area contributed by atoms with E-state index in [1.807, 2.05) is 29.2 Å². The predicted molar refractivity (Wildman–Crippen MR) is 138 cm³/mol. The molecule has 3 amide bonds. The first-order valence-corrected chi connectivity index (χ1v) is 14.0. The minimum absolute atomic E-state index is 0.00137. The highest BCUT2D eigenvalue weighted by molar-refractivity contribution is 6.03. The van der Waals surface area contributed by atoms with Crippen LogP contribution < -0.4 is 15.4 Å². The van der Waals surface area contributed by atoms with Gasteiger partial charge in [-0.05, 0) is 37.8 Å². The molecule has 0 unspecified atom stereocenters. The van der Waals surface area contributed by atoms with Crippen LogP contribution in [0.4, 0.5) is 5.69 Å². The van der Waals surface area contributed by atoms with Gasteiger partial charge in [0.1, 0.15) is 17.4 Å². The number of carbonyl (C=O) groups is 3. The van der Waals surface area contributed by atoms with Crippen LogP contribution in [0.3, 0.4) is 0 Å². The molecule has 2 aliphatic carbocycles. The van der Waals surface area contributed by atoms with Crippen LogP contribution in [0, 0.1) is 11.8 Å². The van der Waals surface area contributed by atoms with Crippen molar-refractivity contribution in [3.63, 3.8) is 0 Å². The number of methoxy groups -OCH3 is 1. The van der Waals surface area contributed by atoms with E-state index < -0.39 is 29.6 Å². The number of benzene rings is 1. The highest BCUT2D eigenvalue weighted by Gasteiger charge is 2.73. The van der Waals surface area contributed by atoms with Gasteiger partial charge in [-0.3, -0.25) is 14.4 Å². The monoisotopic (exact) mass is 507 g/mol. The molecule has 2 saturated carbocycles. The van der Waals surface area contributed by atoms with Crippen molar-refractivity contribution in [1.82, 2.24) is 10.2 Å². The Labute approximate surface area is 218 Å². The Hall–Kier alpha value is -2.87. The zero-order valence-electron chi connectivity index (χ0n) is 21.5. The number of fused-ring (bicyclic) bond motifs is 1. The maximum absolute atomic E-state index is 14.2. The quantitative estimate of drug-likeness (QED) is 0.574. The van der Waals surface area contributed by atoms with E-state index in [0.717, 1.165) is 57.8 Å². The van der Waals surface area contributed by atoms with Crippen LogP contribution in [0.25, 0.3) is 0 Å². The minimum Gasteiger partial charge on any atom is -0.497 e. The fourth-order valence-corrected chi connectivity index (χ4v) is 7.41. The normalized spacial score (nSPS) is 33.4. The van der Waals surface area contributed by atoms with Crippen molar-refractivity contribution in [1.29, 1.82) is 0 Å². The first-order chi connectivity index (χ1) is 18.0. The smallest absolute Gasteiger partial charge is 0.246 e. The third-order valence-electron chi connectivity index (χ3n) is 9.12. The van der Waals surface area contributed by atoms with E-state index in [-0.39, 0.29) is 29.8 Å². The molecule has 6 rings (SSSR count). The van der Waals surface area contributed by atoms with Gasteiger partial charge in [0, 0.05) is 23.8 Å². The molecule has 3 heterocycles. The Morgan fingerprint density at radius 2 is 1.76 bits per heavy atom. The molecule has 0 radical (unpaired) electrons. The van der Waals surface area contributed by atoms with Gasteiger partial charge in [0.2, 0.25) is 17.7 Å². The molecule has 5 atom stereocenters. The maximum Gasteiger partial charge on any atom is 0.246 e. The molecule has 1 spiro atoms. The van der Waals surface area contributed by atoms with Gasteiger partial charge in [0.05, 0.1) is 25.0 Å². The molecule has 198 valence electrons. The number of hydrogen-bond donors (Lipinski definition) is 2. The van der Waals surface area contributed by atoms with Gasteiger partial charge in [0.25, 0.3) is 0 Å². The minimum atomic E-state index is -1.10. The molecule has 2 bridgehead atoms. The average molecular weight is 508 g/mol. The van der Waals surface area contributed by atoms with E-state index in [4.69, 9.17) is 9.47 Å². The van der Waals surface area contributed by atoms with Gasteiger partial charge in [-0.1, -0.05) is 56.7 Å². The van der Waals surface area contributed by atoms with Crippen LogP contribution in [0.5, 0.6) is 5.75 Å². The second-order valence-corrected chi connectivity index (χ2v) is 11.3. The molecule has 2 saturated heterocycles. The number of amides is 3. The van der Waals surface area contributed by atoms with Gasteiger partial charge in [-0.25, -0.2) is 0 Å². The van der Waals surface area contributed by atoms with E-state index in [0.29, 0.717) is 11.4 Å². The second-order valence-electron chi connectivity index (χ2n) is 11.3. The van der Waals surface area contributed by atoms with Gasteiger partial charge in [-0.2, -0.15) is 0 Å². The number of carbonyl (C=O) groups excluding carboxylic acids is 3. The highest BCUT2D eigenvalue weighted by Crippen LogP contribution is 2.56. The Bertz CT molecular complexity index is 1090. The van der Waals surface area contributed by atoms with Gasteiger partial charge in [-0.15, -0.1) is 0 Å². The summed E-state index contributed by atoms with van der Waals surface area (Å²) in [7, 11) is 1.58. The van der Waals surface area contributed by atoms with Gasteiger partial charge >= 0.3 is 0 Å². The van der Waals surface area contributed by atoms with Crippen molar-refractivity contribution in [2.24, 2.45) is 11.8 Å². The largest absolute Gasteiger partial charge is 0.497 e. The van der Waals surface area contributed by atoms with E-state index in [9.17, 15) is 14.4 Å². The summed E-state index contributed by atoms with van der Waals surface area (Å²) in [4.78, 5) is 43.6. The number of likely N-dealkylation sites (tertiary alicyclic amines) is 1. The topological polar surface area (TPSA) is 97.0 Å². The number of ether oxygens (including phenoxy) is 2. The zero-order valence-corrected chi connectivity index (χ0v) is 21.5. The summed E-state index contributed by atoms with van der Waals surface area (Å²) in [5, 5.41) is 6.25. The molecule has 4 fully saturated rings. The van der Waals surface area contributed by atoms with Crippen LogP contribution in [-0.4, -0.2) is 59.6 Å². The summed E-state index contributed by atoms with van der Waals surface area (Å²) >= 11 is 0. The molecular weight excluding hydrogens is 470 g/mol. The van der Waals surface area contributed by atoms with Gasteiger partial charge < -0.3 is 25.0 Å². The Morgan fingerprint density at radius 3 is 2.49 bits per heavy atom. The lowest BCUT2D eigenvalue weighted by atomic mass is 9.74. The van der Waals surface area contributed by atoms with Crippen molar-refractivity contribution < 1.29 is 23.9 Å². The third-order valence-corrected chi connectivity index (χ3v) is 9.12. The lowest BCUT2D eigenvalue weighted by molar-refractivity contribution is -0.144. The Kier molecular flexibility index (Phi) is 6.47. The Morgan fingerprint density at radius 1 is 1.03 bits per heavy atom. The fourth-order valence-electron chi connectivity index (χ4n) is 7.41. The molecule has 3 aliphatic heterocycles. The summed E-state index contributed by atoms with van der Waals surface area (Å²) in [6, 6.07) is 6.56. The van der Waals surface area contributed by atoms with Crippen LogP contribution >= 0.6 is 0 Å². The summed E-state index contributed by atoms with van der Waals surface area (Å²) in [6.07, 6.45) is 13.6. The molecule has 1 aromatic rings. The van der Waals surface area contributed by atoms with Crippen molar-refractivity contribution in [2.75, 3.05) is 12.4 Å². The lowest BCUT2D eigenvalue weighted by Crippen LogP contribution is -2.58. The number of nitrogens with one attached hydrogen (secondary N) is 2. The van der Waals surface area contributed by atoms with E-state index >= 15 is 0 Å². The van der Waals surface area contributed by atoms with Crippen molar-refractivity contribution in [2.45, 2.75) is 94.0 Å². The maximum atomic E-state index is 14.2. The average Bonchev–Trinajstić information content (AvgIpc) is 3.57. The van der Waals surface area contributed by atoms with Crippen molar-refractivity contribution in [3.8, 4) is 5.75 Å². The SMILES string of the molecule is COc1cccc(NC(=O)[C@@H]2[C@@H]3C=C[C@]4(O3)[C@@H]2C(=O)N(C2CCCCC2)[C@H]4C(=O)NC2CCCCC2)c1. The molecule has 8 heteroatoms. The predicted octanol–water partition coefficient (Wildman–Crippen LogP) is 3.57. The number of rotatable bonds is 6. The molecule has 1 aromatic carbocycles. The third kappa shape index (κ3) is 4.13. The summed E-state index contributed by atoms with van der Waals surface area (Å²) in [5.74, 6) is -1.28. The fraction of sp³-hybridized carbons (Fsp3) is 0.621. The van der Waals surface area contributed by atoms with Gasteiger partial charge in [0.15, 0.2) is 0 Å². The van der Waals surface area contributed by atoms with Crippen LogP contribution in [-0.2, 0) is 19.1 Å². The lowest BCUT2D eigenvalue weighted by Gasteiger charge is -2.39.